The van der Waals surface area contributed by atoms with Crippen LogP contribution in [0.25, 0.3) is 0 Å². The van der Waals surface area contributed by atoms with E-state index < -0.39 is 0 Å². The second kappa shape index (κ2) is 6.91. The maximum absolute atomic E-state index is 12.3. The molecule has 24 heavy (non-hydrogen) atoms. The lowest BCUT2D eigenvalue weighted by atomic mass is 10.1. The number of pyridine rings is 1. The summed E-state index contributed by atoms with van der Waals surface area (Å²) in [5.41, 5.74) is 2.83. The van der Waals surface area contributed by atoms with E-state index in [0.29, 0.717) is 29.4 Å². The van der Waals surface area contributed by atoms with Crippen molar-refractivity contribution in [2.24, 2.45) is 0 Å². The number of benzene rings is 1. The van der Waals surface area contributed by atoms with Gasteiger partial charge in [0.2, 0.25) is 5.82 Å². The predicted molar refractivity (Wildman–Crippen MR) is 86.7 cm³/mol. The molecule has 122 valence electrons. The van der Waals surface area contributed by atoms with Crippen LogP contribution in [0, 0.1) is 13.8 Å². The number of amides is 1. The zero-order valence-electron chi connectivity index (χ0n) is 13.3. The Bertz CT molecular complexity index is 843. The minimum Gasteiger partial charge on any atom is -0.487 e. The van der Waals surface area contributed by atoms with Gasteiger partial charge >= 0.3 is 0 Å². The summed E-state index contributed by atoms with van der Waals surface area (Å²) in [6.45, 7) is 3.96. The summed E-state index contributed by atoms with van der Waals surface area (Å²) in [6.07, 6.45) is 1.67. The van der Waals surface area contributed by atoms with Crippen LogP contribution in [0.4, 0.5) is 5.82 Å². The van der Waals surface area contributed by atoms with E-state index in [2.05, 4.69) is 25.2 Å². The summed E-state index contributed by atoms with van der Waals surface area (Å²) in [7, 11) is 0. The van der Waals surface area contributed by atoms with Crippen LogP contribution < -0.4 is 10.1 Å². The van der Waals surface area contributed by atoms with Crippen molar-refractivity contribution in [3.05, 3.63) is 65.1 Å². The first-order valence-corrected chi connectivity index (χ1v) is 7.37. The number of anilines is 1. The molecule has 7 heteroatoms. The highest BCUT2D eigenvalue weighted by Crippen LogP contribution is 2.14. The first-order valence-electron chi connectivity index (χ1n) is 7.37. The maximum atomic E-state index is 12.3. The lowest BCUT2D eigenvalue weighted by Crippen LogP contribution is -2.13. The van der Waals surface area contributed by atoms with Crippen LogP contribution in [0.15, 0.2) is 47.2 Å². The topological polar surface area (TPSA) is 90.1 Å². The summed E-state index contributed by atoms with van der Waals surface area (Å²) >= 11 is 0. The van der Waals surface area contributed by atoms with Gasteiger partial charge in [-0.1, -0.05) is 17.3 Å². The Kier molecular flexibility index (Phi) is 4.51. The second-order valence-corrected chi connectivity index (χ2v) is 5.28. The summed E-state index contributed by atoms with van der Waals surface area (Å²) < 4.78 is 10.2. The van der Waals surface area contributed by atoms with Crippen LogP contribution in [0.1, 0.15) is 27.3 Å². The number of hydrogen-bond donors (Lipinski definition) is 1. The van der Waals surface area contributed by atoms with Gasteiger partial charge in [-0.25, -0.2) is 4.63 Å². The van der Waals surface area contributed by atoms with Crippen molar-refractivity contribution < 1.29 is 14.2 Å². The van der Waals surface area contributed by atoms with Gasteiger partial charge in [0.25, 0.3) is 5.91 Å². The fourth-order valence-electron chi connectivity index (χ4n) is 2.03. The zero-order valence-corrected chi connectivity index (χ0v) is 13.3. The van der Waals surface area contributed by atoms with Gasteiger partial charge in [0.15, 0.2) is 0 Å². The Morgan fingerprint density at radius 3 is 2.79 bits per heavy atom. The van der Waals surface area contributed by atoms with Crippen molar-refractivity contribution in [1.29, 1.82) is 0 Å². The molecule has 2 heterocycles. The van der Waals surface area contributed by atoms with Gasteiger partial charge in [-0.3, -0.25) is 9.78 Å². The summed E-state index contributed by atoms with van der Waals surface area (Å²) in [5.74, 6) is 0.708. The van der Waals surface area contributed by atoms with E-state index in [1.54, 1.807) is 31.3 Å². The largest absolute Gasteiger partial charge is 0.487 e. The molecule has 1 N–H and O–H groups in total. The number of nitrogens with zero attached hydrogens (tertiary/aromatic N) is 3. The molecule has 0 atom stereocenters. The number of aromatic nitrogens is 3. The van der Waals surface area contributed by atoms with Gasteiger partial charge < -0.3 is 10.1 Å². The van der Waals surface area contributed by atoms with Gasteiger partial charge in [-0.2, -0.15) is 0 Å². The minimum atomic E-state index is -0.285. The number of ether oxygens (including phenoxy) is 1. The number of carbonyl (C=O) groups excluding carboxylic acids is 1. The van der Waals surface area contributed by atoms with E-state index >= 15 is 0 Å². The summed E-state index contributed by atoms with van der Waals surface area (Å²) in [6, 6.07) is 10.9. The highest BCUT2D eigenvalue weighted by Gasteiger charge is 2.12. The number of nitrogens with one attached hydrogen (secondary N) is 1. The normalized spacial score (nSPS) is 10.4. The Labute approximate surface area is 138 Å². The first-order chi connectivity index (χ1) is 11.6. The molecule has 7 nitrogen and oxygen atoms in total. The Morgan fingerprint density at radius 2 is 2.08 bits per heavy atom. The average molecular weight is 324 g/mol. The Hall–Kier alpha value is -3.22. The van der Waals surface area contributed by atoms with Crippen molar-refractivity contribution in [1.82, 2.24) is 15.3 Å². The smallest absolute Gasteiger partial charge is 0.256 e. The van der Waals surface area contributed by atoms with Crippen molar-refractivity contribution in [2.75, 3.05) is 5.32 Å². The summed E-state index contributed by atoms with van der Waals surface area (Å²) in [5, 5.41) is 9.92. The number of hydrogen-bond acceptors (Lipinski definition) is 6. The fourth-order valence-corrected chi connectivity index (χ4v) is 2.03. The van der Waals surface area contributed by atoms with Crippen molar-refractivity contribution in [3.63, 3.8) is 0 Å². The van der Waals surface area contributed by atoms with E-state index in [1.807, 2.05) is 25.1 Å². The Morgan fingerprint density at radius 1 is 1.21 bits per heavy atom. The predicted octanol–water partition coefficient (Wildman–Crippen LogP) is 2.91. The molecular formula is C17H16N4O3. The lowest BCUT2D eigenvalue weighted by Gasteiger charge is -2.08. The number of carbonyl (C=O) groups is 1. The lowest BCUT2D eigenvalue weighted by molar-refractivity contribution is 0.102. The van der Waals surface area contributed by atoms with Gasteiger partial charge in [0.05, 0.1) is 6.20 Å². The van der Waals surface area contributed by atoms with Crippen LogP contribution in [0.5, 0.6) is 5.75 Å². The van der Waals surface area contributed by atoms with Crippen LogP contribution in [-0.2, 0) is 6.61 Å². The van der Waals surface area contributed by atoms with Gasteiger partial charge in [0.1, 0.15) is 18.1 Å². The average Bonchev–Trinajstić information content (AvgIpc) is 2.99. The third-order valence-electron chi connectivity index (χ3n) is 3.36. The standard InChI is InChI=1S/C17H16N4O3/c1-11-6-7-15(9-18-11)23-10-13-4-3-5-14(8-13)17(22)19-16-12(2)20-24-21-16/h3-9H,10H2,1-2H3,(H,19,21,22). The van der Waals surface area contributed by atoms with Gasteiger partial charge in [-0.05, 0) is 48.8 Å². The molecule has 0 radical (unpaired) electrons. The van der Waals surface area contributed by atoms with E-state index in [4.69, 9.17) is 4.74 Å². The molecule has 0 bridgehead atoms. The van der Waals surface area contributed by atoms with Crippen LogP contribution >= 0.6 is 0 Å². The van der Waals surface area contributed by atoms with E-state index in [-0.39, 0.29) is 5.91 Å². The van der Waals surface area contributed by atoms with Crippen molar-refractivity contribution >= 4 is 11.7 Å². The molecule has 0 aliphatic carbocycles. The van der Waals surface area contributed by atoms with E-state index in [9.17, 15) is 4.79 Å². The van der Waals surface area contributed by atoms with E-state index in [1.165, 1.54) is 0 Å². The van der Waals surface area contributed by atoms with Crippen LogP contribution in [0.2, 0.25) is 0 Å². The SMILES string of the molecule is Cc1ccc(OCc2cccc(C(=O)Nc3nonc3C)c2)cn1. The molecule has 0 saturated heterocycles. The molecule has 0 saturated carbocycles. The minimum absolute atomic E-state index is 0.285. The molecule has 3 aromatic rings. The molecule has 0 spiro atoms. The third kappa shape index (κ3) is 3.75. The second-order valence-electron chi connectivity index (χ2n) is 5.28. The maximum Gasteiger partial charge on any atom is 0.256 e. The van der Waals surface area contributed by atoms with E-state index in [0.717, 1.165) is 11.3 Å². The molecule has 0 fully saturated rings. The molecule has 0 aliphatic heterocycles. The van der Waals surface area contributed by atoms with Crippen LogP contribution in [0.3, 0.4) is 0 Å². The third-order valence-corrected chi connectivity index (χ3v) is 3.36. The fraction of sp³-hybridized carbons (Fsp3) is 0.176. The van der Waals surface area contributed by atoms with Crippen LogP contribution in [-0.4, -0.2) is 21.2 Å². The number of rotatable bonds is 5. The first kappa shape index (κ1) is 15.7. The van der Waals surface area contributed by atoms with Gasteiger partial charge in [-0.15, -0.1) is 0 Å². The zero-order chi connectivity index (χ0) is 16.9. The highest BCUT2D eigenvalue weighted by atomic mass is 16.6. The molecule has 1 amide bonds. The monoisotopic (exact) mass is 324 g/mol. The highest BCUT2D eigenvalue weighted by molar-refractivity contribution is 6.04. The molecule has 2 aromatic heterocycles. The van der Waals surface area contributed by atoms with Gasteiger partial charge in [0, 0.05) is 11.3 Å². The Balaban J connectivity index is 1.66. The van der Waals surface area contributed by atoms with Crippen molar-refractivity contribution in [2.45, 2.75) is 20.5 Å². The number of aryl methyl sites for hydroxylation is 2. The molecule has 0 unspecified atom stereocenters. The van der Waals surface area contributed by atoms with Crippen molar-refractivity contribution in [3.8, 4) is 5.75 Å². The molecule has 3 rings (SSSR count). The molecule has 0 aliphatic rings. The molecule has 1 aromatic carbocycles. The molecular weight excluding hydrogens is 308 g/mol. The quantitative estimate of drug-likeness (QED) is 0.776. The summed E-state index contributed by atoms with van der Waals surface area (Å²) in [4.78, 5) is 16.4.